The number of aromatic hydroxyl groups is 1. The van der Waals surface area contributed by atoms with E-state index >= 15 is 0 Å². The number of carbonyl (C=O) groups is 3. The molecule has 0 atom stereocenters. The van der Waals surface area contributed by atoms with Crippen LogP contribution in [0.5, 0.6) is 5.75 Å². The van der Waals surface area contributed by atoms with Crippen LogP contribution in [-0.4, -0.2) is 50.8 Å². The first-order valence-electron chi connectivity index (χ1n) is 12.3. The number of aromatic nitrogens is 3. The second-order valence-electron chi connectivity index (χ2n) is 8.56. The number of anilines is 2. The molecule has 4 aromatic heterocycles. The van der Waals surface area contributed by atoms with E-state index in [4.69, 9.17) is 20.9 Å². The average molecular weight is 605 g/mol. The first kappa shape index (κ1) is 28.2. The van der Waals surface area contributed by atoms with Crippen molar-refractivity contribution in [1.29, 1.82) is 5.26 Å². The van der Waals surface area contributed by atoms with Crippen molar-refractivity contribution in [3.05, 3.63) is 67.4 Å². The van der Waals surface area contributed by atoms with Gasteiger partial charge in [-0.3, -0.25) is 14.6 Å². The van der Waals surface area contributed by atoms with Gasteiger partial charge in [0, 0.05) is 17.1 Å². The number of nitrogens with two attached hydrogens (primary N) is 2. The van der Waals surface area contributed by atoms with Gasteiger partial charge in [0.25, 0.3) is 5.56 Å². The minimum atomic E-state index is -1.03. The van der Waals surface area contributed by atoms with Crippen molar-refractivity contribution < 1.29 is 29.0 Å². The zero-order valence-electron chi connectivity index (χ0n) is 22.0. The summed E-state index contributed by atoms with van der Waals surface area (Å²) in [5.74, 6) is -2.41. The molecule has 42 heavy (non-hydrogen) atoms. The lowest BCUT2D eigenvalue weighted by atomic mass is 10.0. The number of hydrogen-bond acceptors (Lipinski definition) is 14. The van der Waals surface area contributed by atoms with Gasteiger partial charge in [0.2, 0.25) is 5.78 Å². The average Bonchev–Trinajstić information content (AvgIpc) is 3.50. The number of ketones is 1. The highest BCUT2D eigenvalue weighted by Gasteiger charge is 2.32. The van der Waals surface area contributed by atoms with Gasteiger partial charge in [-0.25, -0.2) is 9.59 Å². The van der Waals surface area contributed by atoms with Crippen LogP contribution < -0.4 is 17.0 Å². The maximum Gasteiger partial charge on any atom is 0.361 e. The molecule has 0 unspecified atom stereocenters. The molecule has 0 amide bonds. The lowest BCUT2D eigenvalue weighted by Crippen LogP contribution is -2.30. The molecule has 0 saturated heterocycles. The Bertz CT molecular complexity index is 2050. The lowest BCUT2D eigenvalue weighted by Gasteiger charge is -2.12. The topological polar surface area (TPSA) is 214 Å². The number of fused-ring (bicyclic) bond motifs is 2. The molecule has 0 bridgehead atoms. The van der Waals surface area contributed by atoms with E-state index in [0.29, 0.717) is 14.1 Å². The molecule has 212 valence electrons. The van der Waals surface area contributed by atoms with Gasteiger partial charge < -0.3 is 26.0 Å². The number of nitrogen functional groups attached to an aromatic ring is 2. The molecule has 15 heteroatoms. The standard InChI is InChI=1S/C27H20N6O7S2/c1-3-39-25(37)19-16(29)13(10-28)24(36)33(32-19)20-15-17(30)22(41-27(15)42-23(20)26(38)40-4-2)21(35)12-7-8-14(34)18-11(12)6-5-9-31-18/h5-9,34H,3-4,29-30H2,1-2H3. The Hall–Kier alpha value is -5.33. The third kappa shape index (κ3) is 4.39. The van der Waals surface area contributed by atoms with Crippen molar-refractivity contribution in [1.82, 2.24) is 14.8 Å². The van der Waals surface area contributed by atoms with Crippen molar-refractivity contribution in [3.8, 4) is 17.5 Å². The van der Waals surface area contributed by atoms with Gasteiger partial charge >= 0.3 is 11.9 Å². The van der Waals surface area contributed by atoms with E-state index in [0.717, 1.165) is 22.7 Å². The summed E-state index contributed by atoms with van der Waals surface area (Å²) in [5, 5.41) is 24.5. The number of hydrogen-bond donors (Lipinski definition) is 3. The smallest absolute Gasteiger partial charge is 0.361 e. The van der Waals surface area contributed by atoms with E-state index in [2.05, 4.69) is 10.1 Å². The van der Waals surface area contributed by atoms with Gasteiger partial charge in [-0.2, -0.15) is 15.0 Å². The van der Waals surface area contributed by atoms with Crippen LogP contribution in [0.15, 0.2) is 35.3 Å². The van der Waals surface area contributed by atoms with Gasteiger partial charge in [0.1, 0.15) is 38.3 Å². The highest BCUT2D eigenvalue weighted by atomic mass is 32.2. The SMILES string of the molecule is CCOC(=O)c1nn(-c2c(C(=O)OCC)sc3sc(C(=O)c4ccc(O)c5ncccc45)c(N)c23)c(=O)c(C#N)c1N. The molecule has 0 spiro atoms. The number of phenolic OH excluding ortho intramolecular Hbond substituents is 1. The number of esters is 2. The van der Waals surface area contributed by atoms with Crippen LogP contribution >= 0.6 is 22.7 Å². The monoisotopic (exact) mass is 604 g/mol. The highest BCUT2D eigenvalue weighted by molar-refractivity contribution is 7.40. The third-order valence-corrected chi connectivity index (χ3v) is 8.60. The number of thiophene rings is 2. The van der Waals surface area contributed by atoms with E-state index in [9.17, 15) is 29.5 Å². The van der Waals surface area contributed by atoms with E-state index in [1.165, 1.54) is 18.3 Å². The second-order valence-corrected chi connectivity index (χ2v) is 10.9. The zero-order chi connectivity index (χ0) is 30.3. The Morgan fingerprint density at radius 2 is 1.74 bits per heavy atom. The molecule has 0 aliphatic carbocycles. The quantitative estimate of drug-likeness (QED) is 0.180. The second kappa shape index (κ2) is 10.9. The van der Waals surface area contributed by atoms with Gasteiger partial charge in [-0.15, -0.1) is 22.7 Å². The summed E-state index contributed by atoms with van der Waals surface area (Å²) in [4.78, 5) is 57.0. The molecule has 13 nitrogen and oxygen atoms in total. The summed E-state index contributed by atoms with van der Waals surface area (Å²) < 4.78 is 11.2. The Morgan fingerprint density at radius 3 is 2.43 bits per heavy atom. The molecule has 0 saturated carbocycles. The van der Waals surface area contributed by atoms with Gasteiger partial charge in [-0.1, -0.05) is 6.07 Å². The van der Waals surface area contributed by atoms with Crippen molar-refractivity contribution in [3.63, 3.8) is 0 Å². The van der Waals surface area contributed by atoms with E-state index in [-0.39, 0.29) is 56.6 Å². The summed E-state index contributed by atoms with van der Waals surface area (Å²) >= 11 is 1.87. The molecule has 0 aliphatic rings. The maximum absolute atomic E-state index is 13.8. The highest BCUT2D eigenvalue weighted by Crippen LogP contribution is 2.46. The minimum absolute atomic E-state index is 0.00654. The van der Waals surface area contributed by atoms with E-state index < -0.39 is 40.2 Å². The fourth-order valence-corrected chi connectivity index (χ4v) is 6.80. The first-order chi connectivity index (χ1) is 20.1. The molecular weight excluding hydrogens is 584 g/mol. The van der Waals surface area contributed by atoms with Crippen LogP contribution in [0.3, 0.4) is 0 Å². The van der Waals surface area contributed by atoms with Crippen molar-refractivity contribution in [2.24, 2.45) is 0 Å². The number of benzene rings is 1. The lowest BCUT2D eigenvalue weighted by molar-refractivity contribution is 0.0515. The molecule has 0 fully saturated rings. The zero-order valence-corrected chi connectivity index (χ0v) is 23.6. The van der Waals surface area contributed by atoms with Crippen LogP contribution in [-0.2, 0) is 9.47 Å². The molecule has 1 aromatic carbocycles. The Labute approximate surface area is 244 Å². The number of carbonyl (C=O) groups excluding carboxylic acids is 3. The summed E-state index contributed by atoms with van der Waals surface area (Å²) in [6.07, 6.45) is 1.48. The van der Waals surface area contributed by atoms with Crippen LogP contribution in [0.25, 0.3) is 26.0 Å². The summed E-state index contributed by atoms with van der Waals surface area (Å²) in [7, 11) is 0. The van der Waals surface area contributed by atoms with Crippen molar-refractivity contribution in [2.45, 2.75) is 13.8 Å². The van der Waals surface area contributed by atoms with E-state index in [1.54, 1.807) is 32.0 Å². The van der Waals surface area contributed by atoms with Gasteiger partial charge in [0.05, 0.1) is 34.0 Å². The molecular formula is C27H20N6O7S2. The number of rotatable bonds is 7. The first-order valence-corrected chi connectivity index (χ1v) is 13.9. The predicted molar refractivity (Wildman–Crippen MR) is 155 cm³/mol. The molecule has 5 rings (SSSR count). The Kier molecular flexibility index (Phi) is 7.33. The summed E-state index contributed by atoms with van der Waals surface area (Å²) in [6.45, 7) is 3.11. The number of phenols is 1. The number of ether oxygens (including phenoxy) is 2. The third-order valence-electron chi connectivity index (χ3n) is 6.14. The van der Waals surface area contributed by atoms with Crippen LogP contribution in [0.2, 0.25) is 0 Å². The minimum Gasteiger partial charge on any atom is -0.506 e. The summed E-state index contributed by atoms with van der Waals surface area (Å²) in [6, 6.07) is 7.71. The maximum atomic E-state index is 13.8. The number of pyridine rings is 1. The molecule has 5 aromatic rings. The number of nitriles is 1. The largest absolute Gasteiger partial charge is 0.506 e. The number of nitrogens with zero attached hydrogens (tertiary/aromatic N) is 4. The fraction of sp³-hybridized carbons (Fsp3) is 0.148. The van der Waals surface area contributed by atoms with Crippen LogP contribution in [0, 0.1) is 11.3 Å². The van der Waals surface area contributed by atoms with Gasteiger partial charge in [0.15, 0.2) is 5.69 Å². The van der Waals surface area contributed by atoms with Crippen molar-refractivity contribution in [2.75, 3.05) is 24.7 Å². The molecule has 0 radical (unpaired) electrons. The van der Waals surface area contributed by atoms with Crippen LogP contribution in [0.1, 0.15) is 54.8 Å². The Balaban J connectivity index is 1.81. The molecule has 0 aliphatic heterocycles. The Morgan fingerprint density at radius 1 is 1.05 bits per heavy atom. The fourth-order valence-electron chi connectivity index (χ4n) is 4.31. The summed E-state index contributed by atoms with van der Waals surface area (Å²) in [5.41, 5.74) is 10.0. The predicted octanol–water partition coefficient (Wildman–Crippen LogP) is 3.38. The van der Waals surface area contributed by atoms with E-state index in [1.807, 2.05) is 0 Å². The van der Waals surface area contributed by atoms with Crippen molar-refractivity contribution >= 4 is 72.1 Å². The van der Waals surface area contributed by atoms with Crippen LogP contribution in [0.4, 0.5) is 11.4 Å². The molecule has 4 heterocycles. The normalized spacial score (nSPS) is 11.0. The van der Waals surface area contributed by atoms with Gasteiger partial charge in [-0.05, 0) is 32.0 Å². The molecule has 5 N–H and O–H groups in total.